The van der Waals surface area contributed by atoms with Crippen molar-refractivity contribution in [1.82, 2.24) is 0 Å². The van der Waals surface area contributed by atoms with Crippen molar-refractivity contribution in [3.8, 4) is 5.75 Å². The van der Waals surface area contributed by atoms with Crippen LogP contribution in [0.25, 0.3) is 5.57 Å². The van der Waals surface area contributed by atoms with Gasteiger partial charge in [0, 0.05) is 5.56 Å². The normalized spacial score (nSPS) is 32.5. The van der Waals surface area contributed by atoms with E-state index in [0.29, 0.717) is 5.92 Å². The number of rotatable bonds is 0. The molecule has 0 radical (unpaired) electrons. The van der Waals surface area contributed by atoms with Gasteiger partial charge in [0.1, 0.15) is 5.75 Å². The minimum Gasteiger partial charge on any atom is -0.425 e. The lowest BCUT2D eigenvalue weighted by atomic mass is 9.63. The van der Waals surface area contributed by atoms with Crippen molar-refractivity contribution in [2.75, 3.05) is 0 Å². The van der Waals surface area contributed by atoms with Crippen LogP contribution in [0.15, 0.2) is 18.2 Å². The van der Waals surface area contributed by atoms with Gasteiger partial charge < -0.3 is 4.74 Å². The predicted octanol–water partition coefficient (Wildman–Crippen LogP) is 4.04. The van der Waals surface area contributed by atoms with Crippen molar-refractivity contribution in [2.24, 2.45) is 16.7 Å². The van der Waals surface area contributed by atoms with Gasteiger partial charge in [-0.2, -0.15) is 0 Å². The average molecular weight is 268 g/mol. The first-order valence-corrected chi connectivity index (χ1v) is 7.44. The zero-order valence-electron chi connectivity index (χ0n) is 12.5. The molecule has 2 nitrogen and oxygen atoms in total. The Morgan fingerprint density at radius 1 is 1.25 bits per heavy atom. The molecular formula is C18H20O2. The number of fused-ring (bicyclic) bond motifs is 3. The van der Waals surface area contributed by atoms with Crippen LogP contribution in [-0.2, 0) is 4.79 Å². The Labute approximate surface area is 119 Å². The summed E-state index contributed by atoms with van der Waals surface area (Å²) in [6.07, 6.45) is 4.39. The molecule has 1 heterocycles. The Morgan fingerprint density at radius 3 is 2.70 bits per heavy atom. The lowest BCUT2D eigenvalue weighted by molar-refractivity contribution is -0.147. The molecule has 2 atom stereocenters. The molecule has 1 aliphatic heterocycles. The second kappa shape index (κ2) is 3.36. The maximum atomic E-state index is 12.8. The number of hydrogen-bond donors (Lipinski definition) is 0. The SMILES string of the molecule is Cc1cc(C)c2c(c1)OC(=O)C13CCC(C=C21)C3(C)C. The number of hydrogen-bond acceptors (Lipinski definition) is 2. The summed E-state index contributed by atoms with van der Waals surface area (Å²) in [5.41, 5.74) is 4.35. The van der Waals surface area contributed by atoms with Gasteiger partial charge in [-0.3, -0.25) is 4.79 Å². The number of ether oxygens (including phenoxy) is 1. The van der Waals surface area contributed by atoms with Gasteiger partial charge in [-0.1, -0.05) is 26.0 Å². The molecule has 2 heteroatoms. The van der Waals surface area contributed by atoms with Gasteiger partial charge in [0.15, 0.2) is 0 Å². The van der Waals surface area contributed by atoms with Crippen molar-refractivity contribution >= 4 is 11.5 Å². The van der Waals surface area contributed by atoms with Gasteiger partial charge in [-0.05, 0) is 60.8 Å². The number of benzene rings is 1. The van der Waals surface area contributed by atoms with Gasteiger partial charge >= 0.3 is 5.97 Å². The summed E-state index contributed by atoms with van der Waals surface area (Å²) in [6, 6.07) is 4.18. The molecule has 2 unspecified atom stereocenters. The second-order valence-electron chi connectivity index (χ2n) is 7.20. The number of aryl methyl sites for hydroxylation is 2. The smallest absolute Gasteiger partial charge is 0.322 e. The lowest BCUT2D eigenvalue weighted by Gasteiger charge is -2.42. The zero-order valence-corrected chi connectivity index (χ0v) is 12.5. The van der Waals surface area contributed by atoms with E-state index in [1.807, 2.05) is 13.0 Å². The van der Waals surface area contributed by atoms with E-state index in [-0.39, 0.29) is 11.4 Å². The van der Waals surface area contributed by atoms with E-state index < -0.39 is 5.41 Å². The third-order valence-corrected chi connectivity index (χ3v) is 5.95. The maximum absolute atomic E-state index is 12.8. The van der Waals surface area contributed by atoms with E-state index in [0.717, 1.165) is 24.2 Å². The summed E-state index contributed by atoms with van der Waals surface area (Å²) in [7, 11) is 0. The molecule has 3 aliphatic rings. The number of esters is 1. The number of carbonyl (C=O) groups is 1. The molecule has 104 valence electrons. The molecular weight excluding hydrogens is 248 g/mol. The summed E-state index contributed by atoms with van der Waals surface area (Å²) in [4.78, 5) is 12.8. The van der Waals surface area contributed by atoms with Crippen molar-refractivity contribution in [2.45, 2.75) is 40.5 Å². The molecule has 0 saturated heterocycles. The average Bonchev–Trinajstić information content (AvgIpc) is 2.73. The molecule has 1 saturated carbocycles. The van der Waals surface area contributed by atoms with Crippen molar-refractivity contribution in [3.05, 3.63) is 34.9 Å². The van der Waals surface area contributed by atoms with Gasteiger partial charge in [0.2, 0.25) is 0 Å². The molecule has 0 N–H and O–H groups in total. The summed E-state index contributed by atoms with van der Waals surface area (Å²) in [5, 5.41) is 0. The molecule has 0 aromatic heterocycles. The van der Waals surface area contributed by atoms with Crippen LogP contribution >= 0.6 is 0 Å². The highest BCUT2D eigenvalue weighted by Crippen LogP contribution is 2.70. The van der Waals surface area contributed by atoms with Crippen LogP contribution in [0, 0.1) is 30.6 Å². The van der Waals surface area contributed by atoms with Gasteiger partial charge in [-0.15, -0.1) is 0 Å². The third kappa shape index (κ3) is 1.11. The molecule has 20 heavy (non-hydrogen) atoms. The predicted molar refractivity (Wildman–Crippen MR) is 78.5 cm³/mol. The van der Waals surface area contributed by atoms with Crippen LogP contribution in [0.2, 0.25) is 0 Å². The molecule has 0 amide bonds. The molecule has 1 aromatic rings. The Kier molecular flexibility index (Phi) is 2.05. The highest BCUT2D eigenvalue weighted by atomic mass is 16.5. The fraction of sp³-hybridized carbons (Fsp3) is 0.500. The van der Waals surface area contributed by atoms with Crippen LogP contribution < -0.4 is 4.74 Å². The van der Waals surface area contributed by atoms with Crippen LogP contribution in [0.3, 0.4) is 0 Å². The molecule has 2 bridgehead atoms. The summed E-state index contributed by atoms with van der Waals surface area (Å²) in [5.74, 6) is 1.22. The monoisotopic (exact) mass is 268 g/mol. The van der Waals surface area contributed by atoms with Crippen LogP contribution in [0.1, 0.15) is 43.4 Å². The third-order valence-electron chi connectivity index (χ3n) is 5.95. The summed E-state index contributed by atoms with van der Waals surface area (Å²) in [6.45, 7) is 8.62. The van der Waals surface area contributed by atoms with E-state index in [2.05, 4.69) is 32.9 Å². The Morgan fingerprint density at radius 2 is 2.00 bits per heavy atom. The quantitative estimate of drug-likeness (QED) is 0.524. The fourth-order valence-corrected chi connectivity index (χ4v) is 4.80. The largest absolute Gasteiger partial charge is 0.425 e. The van der Waals surface area contributed by atoms with E-state index in [1.165, 1.54) is 16.7 Å². The van der Waals surface area contributed by atoms with E-state index >= 15 is 0 Å². The van der Waals surface area contributed by atoms with Crippen molar-refractivity contribution < 1.29 is 9.53 Å². The Bertz CT molecular complexity index is 681. The minimum atomic E-state index is -0.412. The number of allylic oxidation sites excluding steroid dienone is 1. The minimum absolute atomic E-state index is 0.0194. The van der Waals surface area contributed by atoms with Crippen LogP contribution in [0.5, 0.6) is 5.75 Å². The molecule has 1 fully saturated rings. The summed E-state index contributed by atoms with van der Waals surface area (Å²) < 4.78 is 5.78. The van der Waals surface area contributed by atoms with Crippen LogP contribution in [0.4, 0.5) is 0 Å². The molecule has 1 spiro atoms. The topological polar surface area (TPSA) is 26.3 Å². The Balaban J connectivity index is 2.04. The second-order valence-corrected chi connectivity index (χ2v) is 7.20. The van der Waals surface area contributed by atoms with E-state index in [1.54, 1.807) is 0 Å². The van der Waals surface area contributed by atoms with Gasteiger partial charge in [0.05, 0.1) is 5.41 Å². The first-order chi connectivity index (χ1) is 9.38. The first-order valence-electron chi connectivity index (χ1n) is 7.44. The lowest BCUT2D eigenvalue weighted by Crippen LogP contribution is -2.45. The summed E-state index contributed by atoms with van der Waals surface area (Å²) >= 11 is 0. The van der Waals surface area contributed by atoms with Crippen molar-refractivity contribution in [1.29, 1.82) is 0 Å². The fourth-order valence-electron chi connectivity index (χ4n) is 4.80. The van der Waals surface area contributed by atoms with E-state index in [9.17, 15) is 4.79 Å². The molecule has 2 aliphatic carbocycles. The van der Waals surface area contributed by atoms with E-state index in [4.69, 9.17) is 4.74 Å². The molecule has 4 rings (SSSR count). The highest BCUT2D eigenvalue weighted by Gasteiger charge is 2.67. The highest BCUT2D eigenvalue weighted by molar-refractivity contribution is 6.02. The molecule has 1 aromatic carbocycles. The van der Waals surface area contributed by atoms with Crippen LogP contribution in [-0.4, -0.2) is 5.97 Å². The zero-order chi connectivity index (χ0) is 14.3. The standard InChI is InChI=1S/C18H20O2/c1-10-7-11(2)15-13-9-12-5-6-18(13,17(12,3)4)16(19)20-14(15)8-10/h7-9,12H,5-6H2,1-4H3. The maximum Gasteiger partial charge on any atom is 0.322 e. The van der Waals surface area contributed by atoms with Crippen molar-refractivity contribution in [3.63, 3.8) is 0 Å². The Hall–Kier alpha value is -1.57. The number of carbonyl (C=O) groups excluding carboxylic acids is 1. The first kappa shape index (κ1) is 12.2. The van der Waals surface area contributed by atoms with Gasteiger partial charge in [0.25, 0.3) is 0 Å². The van der Waals surface area contributed by atoms with Gasteiger partial charge in [-0.25, -0.2) is 0 Å².